The van der Waals surface area contributed by atoms with Crippen molar-refractivity contribution in [3.05, 3.63) is 58.7 Å². The summed E-state index contributed by atoms with van der Waals surface area (Å²) in [6, 6.07) is 10.2. The van der Waals surface area contributed by atoms with Crippen molar-refractivity contribution in [2.45, 2.75) is 0 Å². The molecule has 114 valence electrons. The molecule has 1 aliphatic heterocycles. The van der Waals surface area contributed by atoms with Gasteiger partial charge in [-0.1, -0.05) is 24.3 Å². The molecule has 2 aliphatic rings. The predicted molar refractivity (Wildman–Crippen MR) is 82.2 cm³/mol. The Labute approximate surface area is 132 Å². The van der Waals surface area contributed by atoms with Gasteiger partial charge in [0.25, 0.3) is 0 Å². The second-order valence-electron chi connectivity index (χ2n) is 5.21. The zero-order chi connectivity index (χ0) is 16.0. The van der Waals surface area contributed by atoms with Gasteiger partial charge in [-0.3, -0.25) is 9.59 Å². The van der Waals surface area contributed by atoms with E-state index in [1.54, 1.807) is 42.5 Å². The van der Waals surface area contributed by atoms with Gasteiger partial charge in [-0.05, 0) is 12.1 Å². The number of ketones is 2. The number of methoxy groups -OCH3 is 1. The number of rotatable bonds is 2. The molecule has 2 aromatic rings. The molecule has 23 heavy (non-hydrogen) atoms. The van der Waals surface area contributed by atoms with Gasteiger partial charge in [0.2, 0.25) is 6.79 Å². The first-order valence-electron chi connectivity index (χ1n) is 7.07. The summed E-state index contributed by atoms with van der Waals surface area (Å²) in [5.74, 6) is 1.11. The van der Waals surface area contributed by atoms with Crippen molar-refractivity contribution in [3.8, 4) is 17.2 Å². The van der Waals surface area contributed by atoms with Crippen LogP contribution in [0.3, 0.4) is 0 Å². The van der Waals surface area contributed by atoms with Gasteiger partial charge < -0.3 is 14.2 Å². The minimum atomic E-state index is -0.273. The number of ether oxygens (including phenoxy) is 3. The lowest BCUT2D eigenvalue weighted by Gasteiger charge is -2.07. The van der Waals surface area contributed by atoms with Crippen LogP contribution in [0.1, 0.15) is 26.3 Å². The summed E-state index contributed by atoms with van der Waals surface area (Å²) in [5.41, 5.74) is 1.59. The zero-order valence-electron chi connectivity index (χ0n) is 12.3. The number of Topliss-reactive ketones (excluding diaryl/α,β-unsaturated/α-hetero) is 2. The van der Waals surface area contributed by atoms with Crippen LogP contribution < -0.4 is 14.2 Å². The Balaban J connectivity index is 1.83. The molecule has 0 amide bonds. The van der Waals surface area contributed by atoms with Crippen LogP contribution >= 0.6 is 0 Å². The van der Waals surface area contributed by atoms with E-state index >= 15 is 0 Å². The van der Waals surface area contributed by atoms with Crippen LogP contribution in [0.2, 0.25) is 0 Å². The van der Waals surface area contributed by atoms with E-state index in [1.807, 2.05) is 0 Å². The molecule has 0 fully saturated rings. The first-order valence-corrected chi connectivity index (χ1v) is 7.07. The molecule has 0 saturated heterocycles. The highest BCUT2D eigenvalue weighted by molar-refractivity contribution is 6.41. The van der Waals surface area contributed by atoms with Crippen molar-refractivity contribution in [1.82, 2.24) is 0 Å². The van der Waals surface area contributed by atoms with Crippen molar-refractivity contribution < 1.29 is 23.8 Å². The van der Waals surface area contributed by atoms with Crippen molar-refractivity contribution >= 4 is 17.6 Å². The highest BCUT2D eigenvalue weighted by atomic mass is 16.7. The first-order chi connectivity index (χ1) is 11.2. The molecular formula is C18H12O5. The van der Waals surface area contributed by atoms with E-state index in [0.29, 0.717) is 33.9 Å². The summed E-state index contributed by atoms with van der Waals surface area (Å²) in [7, 11) is 1.52. The fraction of sp³-hybridized carbons (Fsp3) is 0.111. The van der Waals surface area contributed by atoms with E-state index in [9.17, 15) is 9.59 Å². The number of fused-ring (bicyclic) bond motifs is 2. The number of allylic oxidation sites excluding steroid dienone is 1. The maximum atomic E-state index is 12.5. The van der Waals surface area contributed by atoms with E-state index in [-0.39, 0.29) is 23.9 Å². The smallest absolute Gasteiger partial charge is 0.231 e. The third-order valence-electron chi connectivity index (χ3n) is 3.93. The van der Waals surface area contributed by atoms with Gasteiger partial charge in [0.15, 0.2) is 23.1 Å². The highest BCUT2D eigenvalue weighted by Crippen LogP contribution is 2.39. The van der Waals surface area contributed by atoms with Crippen molar-refractivity contribution in [2.24, 2.45) is 0 Å². The highest BCUT2D eigenvalue weighted by Gasteiger charge is 2.33. The zero-order valence-corrected chi connectivity index (χ0v) is 12.3. The second kappa shape index (κ2) is 4.98. The van der Waals surface area contributed by atoms with Crippen LogP contribution in [0, 0.1) is 0 Å². The fourth-order valence-corrected chi connectivity index (χ4v) is 2.79. The molecule has 0 saturated carbocycles. The van der Waals surface area contributed by atoms with Crippen LogP contribution in [-0.2, 0) is 0 Å². The molecule has 0 atom stereocenters. The monoisotopic (exact) mass is 308 g/mol. The molecule has 0 aromatic heterocycles. The Morgan fingerprint density at radius 3 is 2.22 bits per heavy atom. The maximum absolute atomic E-state index is 12.5. The molecule has 5 heteroatoms. The number of benzene rings is 2. The van der Waals surface area contributed by atoms with Gasteiger partial charge in [-0.25, -0.2) is 0 Å². The number of hydrogen-bond acceptors (Lipinski definition) is 5. The predicted octanol–water partition coefficient (Wildman–Crippen LogP) is 2.89. The Kier molecular flexibility index (Phi) is 2.94. The van der Waals surface area contributed by atoms with Gasteiger partial charge >= 0.3 is 0 Å². The first kappa shape index (κ1) is 13.6. The Hall–Kier alpha value is -3.08. The van der Waals surface area contributed by atoms with Crippen LogP contribution in [0.15, 0.2) is 42.0 Å². The molecule has 0 N–H and O–H groups in total. The molecule has 0 unspecified atom stereocenters. The standard InChI is InChI=1S/C18H12O5/c1-21-14-8-16-15(22-9-23-16)7-10(14)6-13-17(19)11-4-2-3-5-12(11)18(13)20/h2-8H,9H2,1H3. The van der Waals surface area contributed by atoms with E-state index < -0.39 is 0 Å². The van der Waals surface area contributed by atoms with Crippen LogP contribution in [0.5, 0.6) is 17.2 Å². The molecule has 0 spiro atoms. The Bertz CT molecular complexity index is 842. The lowest BCUT2D eigenvalue weighted by Crippen LogP contribution is -2.01. The average Bonchev–Trinajstić information content (AvgIpc) is 3.12. The minimum absolute atomic E-state index is 0.128. The summed E-state index contributed by atoms with van der Waals surface area (Å²) in [5, 5.41) is 0. The fourth-order valence-electron chi connectivity index (χ4n) is 2.79. The van der Waals surface area contributed by atoms with E-state index in [2.05, 4.69) is 0 Å². The largest absolute Gasteiger partial charge is 0.496 e. The van der Waals surface area contributed by atoms with Crippen LogP contribution in [-0.4, -0.2) is 25.5 Å². The van der Waals surface area contributed by atoms with Crippen molar-refractivity contribution in [2.75, 3.05) is 13.9 Å². The Morgan fingerprint density at radius 1 is 1.00 bits per heavy atom. The number of carbonyl (C=O) groups is 2. The summed E-state index contributed by atoms with van der Waals surface area (Å²) < 4.78 is 16.0. The summed E-state index contributed by atoms with van der Waals surface area (Å²) in [6.45, 7) is 0.141. The molecule has 0 radical (unpaired) electrons. The van der Waals surface area contributed by atoms with Gasteiger partial charge in [-0.2, -0.15) is 0 Å². The molecule has 4 rings (SSSR count). The van der Waals surface area contributed by atoms with Gasteiger partial charge in [0, 0.05) is 22.8 Å². The van der Waals surface area contributed by atoms with Crippen molar-refractivity contribution in [1.29, 1.82) is 0 Å². The lowest BCUT2D eigenvalue weighted by molar-refractivity contribution is 0.0990. The van der Waals surface area contributed by atoms with E-state index in [4.69, 9.17) is 14.2 Å². The van der Waals surface area contributed by atoms with Crippen LogP contribution in [0.4, 0.5) is 0 Å². The number of hydrogen-bond donors (Lipinski definition) is 0. The quantitative estimate of drug-likeness (QED) is 0.630. The third-order valence-corrected chi connectivity index (χ3v) is 3.93. The molecule has 0 bridgehead atoms. The molecule has 2 aromatic carbocycles. The molecule has 5 nitrogen and oxygen atoms in total. The second-order valence-corrected chi connectivity index (χ2v) is 5.21. The van der Waals surface area contributed by atoms with Crippen molar-refractivity contribution in [3.63, 3.8) is 0 Å². The van der Waals surface area contributed by atoms with Gasteiger partial charge in [-0.15, -0.1) is 0 Å². The topological polar surface area (TPSA) is 61.8 Å². The number of carbonyl (C=O) groups excluding carboxylic acids is 2. The van der Waals surface area contributed by atoms with Gasteiger partial charge in [0.05, 0.1) is 12.7 Å². The average molecular weight is 308 g/mol. The Morgan fingerprint density at radius 2 is 1.61 bits per heavy atom. The third kappa shape index (κ3) is 2.01. The minimum Gasteiger partial charge on any atom is -0.496 e. The van der Waals surface area contributed by atoms with Crippen LogP contribution in [0.25, 0.3) is 6.08 Å². The van der Waals surface area contributed by atoms with E-state index in [1.165, 1.54) is 7.11 Å². The molecule has 1 heterocycles. The SMILES string of the molecule is COc1cc2c(cc1C=C1C(=O)c3ccccc3C1=O)OCO2. The summed E-state index contributed by atoms with van der Waals surface area (Å²) in [6.07, 6.45) is 1.55. The summed E-state index contributed by atoms with van der Waals surface area (Å²) in [4.78, 5) is 24.9. The van der Waals surface area contributed by atoms with Gasteiger partial charge in [0.1, 0.15) is 5.75 Å². The normalized spacial score (nSPS) is 14.9. The maximum Gasteiger partial charge on any atom is 0.231 e. The van der Waals surface area contributed by atoms with E-state index in [0.717, 1.165) is 0 Å². The molecular weight excluding hydrogens is 296 g/mol. The summed E-state index contributed by atoms with van der Waals surface area (Å²) >= 11 is 0. The molecule has 1 aliphatic carbocycles. The lowest BCUT2D eigenvalue weighted by atomic mass is 10.1.